The van der Waals surface area contributed by atoms with Crippen molar-refractivity contribution in [2.75, 3.05) is 14.2 Å². The van der Waals surface area contributed by atoms with Crippen molar-refractivity contribution in [2.45, 2.75) is 26.9 Å². The lowest BCUT2D eigenvalue weighted by Crippen LogP contribution is -2.23. The highest BCUT2D eigenvalue weighted by Gasteiger charge is 2.17. The molecular weight excluding hydrogens is 388 g/mol. The number of carbonyl (C=O) groups is 2. The Morgan fingerprint density at radius 2 is 1.90 bits per heavy atom. The molecule has 6 nitrogen and oxygen atoms in total. The Balaban J connectivity index is 1.74. The van der Waals surface area contributed by atoms with E-state index in [-0.39, 0.29) is 5.91 Å². The van der Waals surface area contributed by atoms with E-state index >= 15 is 0 Å². The smallest absolute Gasteiger partial charge is 0.341 e. The highest BCUT2D eigenvalue weighted by Crippen LogP contribution is 2.22. The second-order valence-electron chi connectivity index (χ2n) is 6.66. The summed E-state index contributed by atoms with van der Waals surface area (Å²) in [6.07, 6.45) is 0. The molecule has 0 aliphatic carbocycles. The van der Waals surface area contributed by atoms with Crippen molar-refractivity contribution in [3.05, 3.63) is 74.7 Å². The van der Waals surface area contributed by atoms with Gasteiger partial charge in [0.05, 0.1) is 26.3 Å². The summed E-state index contributed by atoms with van der Waals surface area (Å²) in [7, 11) is 2.82. The number of nitrogens with one attached hydrogen (secondary N) is 1. The van der Waals surface area contributed by atoms with E-state index in [1.165, 1.54) is 19.1 Å². The van der Waals surface area contributed by atoms with Gasteiger partial charge in [0.15, 0.2) is 0 Å². The zero-order valence-corrected chi connectivity index (χ0v) is 17.8. The molecule has 0 fully saturated rings. The maximum atomic E-state index is 12.8. The number of carbonyl (C=O) groups excluding carboxylic acids is 2. The van der Waals surface area contributed by atoms with Gasteiger partial charge in [-0.2, -0.15) is 0 Å². The maximum absolute atomic E-state index is 12.8. The second kappa shape index (κ2) is 8.96. The minimum atomic E-state index is -0.479. The molecular formula is C22H24N2O4S. The lowest BCUT2D eigenvalue weighted by molar-refractivity contribution is 0.0597. The molecule has 1 N–H and O–H groups in total. The highest BCUT2D eigenvalue weighted by atomic mass is 32.1. The van der Waals surface area contributed by atoms with Crippen LogP contribution in [-0.4, -0.2) is 30.7 Å². The number of benzene rings is 1. The van der Waals surface area contributed by atoms with Gasteiger partial charge in [-0.25, -0.2) is 4.79 Å². The minimum Gasteiger partial charge on any atom is -0.496 e. The molecule has 3 aromatic rings. The van der Waals surface area contributed by atoms with Crippen molar-refractivity contribution in [2.24, 2.45) is 0 Å². The molecule has 152 valence electrons. The fourth-order valence-electron chi connectivity index (χ4n) is 3.24. The number of methoxy groups -OCH3 is 2. The van der Waals surface area contributed by atoms with E-state index < -0.39 is 5.97 Å². The van der Waals surface area contributed by atoms with E-state index in [1.54, 1.807) is 23.5 Å². The van der Waals surface area contributed by atoms with Crippen LogP contribution in [0.5, 0.6) is 5.75 Å². The van der Waals surface area contributed by atoms with E-state index in [2.05, 4.69) is 21.3 Å². The van der Waals surface area contributed by atoms with Crippen molar-refractivity contribution in [1.82, 2.24) is 9.88 Å². The molecule has 0 radical (unpaired) electrons. The lowest BCUT2D eigenvalue weighted by Gasteiger charge is -2.11. The third kappa shape index (κ3) is 4.51. The Kier molecular flexibility index (Phi) is 6.39. The molecule has 7 heteroatoms. The molecule has 0 spiro atoms. The van der Waals surface area contributed by atoms with Crippen LogP contribution >= 0.6 is 11.3 Å². The Morgan fingerprint density at radius 3 is 2.55 bits per heavy atom. The van der Waals surface area contributed by atoms with Crippen LogP contribution in [0, 0.1) is 13.8 Å². The van der Waals surface area contributed by atoms with Gasteiger partial charge in [-0.15, -0.1) is 11.3 Å². The van der Waals surface area contributed by atoms with Gasteiger partial charge in [-0.05, 0) is 49.1 Å². The molecule has 0 aliphatic heterocycles. The molecule has 0 unspecified atom stereocenters. The number of amides is 1. The zero-order chi connectivity index (χ0) is 21.0. The van der Waals surface area contributed by atoms with Crippen LogP contribution < -0.4 is 10.1 Å². The molecule has 29 heavy (non-hydrogen) atoms. The molecule has 1 amide bonds. The summed E-state index contributed by atoms with van der Waals surface area (Å²) in [5.41, 5.74) is 3.74. The molecule has 0 atom stereocenters. The molecule has 0 bridgehead atoms. The average Bonchev–Trinajstić information content (AvgIpc) is 3.35. The predicted molar refractivity (Wildman–Crippen MR) is 113 cm³/mol. The third-order valence-electron chi connectivity index (χ3n) is 4.83. The van der Waals surface area contributed by atoms with E-state index in [9.17, 15) is 9.59 Å². The summed E-state index contributed by atoms with van der Waals surface area (Å²) < 4.78 is 12.1. The number of rotatable bonds is 7. The summed E-state index contributed by atoms with van der Waals surface area (Å²) in [6, 6.07) is 11.2. The van der Waals surface area contributed by atoms with Gasteiger partial charge in [0.1, 0.15) is 11.3 Å². The Labute approximate surface area is 174 Å². The largest absolute Gasteiger partial charge is 0.496 e. The van der Waals surface area contributed by atoms with E-state index in [4.69, 9.17) is 9.47 Å². The summed E-state index contributed by atoms with van der Waals surface area (Å²) in [5, 5.41) is 4.98. The molecule has 0 aliphatic rings. The van der Waals surface area contributed by atoms with Gasteiger partial charge in [-0.3, -0.25) is 4.79 Å². The Bertz CT molecular complexity index is 1020. The van der Waals surface area contributed by atoms with Crippen molar-refractivity contribution >= 4 is 23.2 Å². The summed E-state index contributed by atoms with van der Waals surface area (Å²) >= 11 is 1.70. The van der Waals surface area contributed by atoms with E-state index in [0.717, 1.165) is 23.5 Å². The van der Waals surface area contributed by atoms with Crippen LogP contribution in [0.3, 0.4) is 0 Å². The fraction of sp³-hybridized carbons (Fsp3) is 0.273. The summed E-state index contributed by atoms with van der Waals surface area (Å²) in [5.74, 6) is -0.192. The van der Waals surface area contributed by atoms with Crippen LogP contribution in [-0.2, 0) is 17.8 Å². The number of nitrogens with zero attached hydrogens (tertiary/aromatic N) is 1. The van der Waals surface area contributed by atoms with Crippen molar-refractivity contribution in [3.63, 3.8) is 0 Å². The first-order valence-corrected chi connectivity index (χ1v) is 10.0. The standard InChI is InChI=1S/C22H24N2O4S/c1-14-10-18(15(2)24(14)13-17-6-5-9-29-17)21(25)23-12-16-7-8-20(27-3)19(11-16)22(26)28-4/h5-11H,12-13H2,1-4H3,(H,23,25). The molecule has 1 aromatic carbocycles. The molecule has 3 rings (SSSR count). The van der Waals surface area contributed by atoms with Crippen LogP contribution in [0.4, 0.5) is 0 Å². The number of aryl methyl sites for hydroxylation is 1. The van der Waals surface area contributed by atoms with Crippen molar-refractivity contribution in [3.8, 4) is 5.75 Å². The first kappa shape index (κ1) is 20.7. The second-order valence-corrected chi connectivity index (χ2v) is 7.69. The lowest BCUT2D eigenvalue weighted by atomic mass is 10.1. The van der Waals surface area contributed by atoms with Crippen molar-refractivity contribution < 1.29 is 19.1 Å². The summed E-state index contributed by atoms with van der Waals surface area (Å²) in [6.45, 7) is 5.01. The quantitative estimate of drug-likeness (QED) is 0.597. The van der Waals surface area contributed by atoms with Crippen LogP contribution in [0.15, 0.2) is 41.8 Å². The van der Waals surface area contributed by atoms with Gasteiger partial charge < -0.3 is 19.4 Å². The van der Waals surface area contributed by atoms with E-state index in [1.807, 2.05) is 32.0 Å². The van der Waals surface area contributed by atoms with Crippen LogP contribution in [0.1, 0.15) is 42.5 Å². The van der Waals surface area contributed by atoms with Gasteiger partial charge in [0.2, 0.25) is 0 Å². The number of ether oxygens (including phenoxy) is 2. The van der Waals surface area contributed by atoms with Gasteiger partial charge in [0.25, 0.3) is 5.91 Å². The highest BCUT2D eigenvalue weighted by molar-refractivity contribution is 7.09. The topological polar surface area (TPSA) is 69.6 Å². The molecule has 0 saturated heterocycles. The fourth-order valence-corrected chi connectivity index (χ4v) is 3.94. The molecule has 0 saturated carbocycles. The van der Waals surface area contributed by atoms with Crippen molar-refractivity contribution in [1.29, 1.82) is 0 Å². The van der Waals surface area contributed by atoms with E-state index in [0.29, 0.717) is 23.4 Å². The average molecular weight is 413 g/mol. The van der Waals surface area contributed by atoms with Gasteiger partial charge >= 0.3 is 5.97 Å². The number of aromatic nitrogens is 1. The molecule has 2 aromatic heterocycles. The number of hydrogen-bond donors (Lipinski definition) is 1. The maximum Gasteiger partial charge on any atom is 0.341 e. The zero-order valence-electron chi connectivity index (χ0n) is 16.9. The van der Waals surface area contributed by atoms with Crippen LogP contribution in [0.2, 0.25) is 0 Å². The minimum absolute atomic E-state index is 0.147. The number of esters is 1. The summed E-state index contributed by atoms with van der Waals surface area (Å²) in [4.78, 5) is 25.9. The molecule has 2 heterocycles. The van der Waals surface area contributed by atoms with Crippen LogP contribution in [0.25, 0.3) is 0 Å². The van der Waals surface area contributed by atoms with Gasteiger partial charge in [-0.1, -0.05) is 12.1 Å². The monoisotopic (exact) mass is 412 g/mol. The Hall–Kier alpha value is -3.06. The third-order valence-corrected chi connectivity index (χ3v) is 5.70. The Morgan fingerprint density at radius 1 is 1.10 bits per heavy atom. The predicted octanol–water partition coefficient (Wildman–Crippen LogP) is 3.94. The first-order valence-electron chi connectivity index (χ1n) is 9.17. The number of hydrogen-bond acceptors (Lipinski definition) is 5. The normalized spacial score (nSPS) is 10.6. The first-order chi connectivity index (χ1) is 13.9. The SMILES string of the molecule is COC(=O)c1cc(CNC(=O)c2cc(C)n(Cc3cccs3)c2C)ccc1OC. The van der Waals surface area contributed by atoms with Gasteiger partial charge in [0, 0.05) is 22.8 Å². The number of thiophene rings is 1.